The van der Waals surface area contributed by atoms with Gasteiger partial charge in [-0.25, -0.2) is 9.78 Å². The fourth-order valence-corrected chi connectivity index (χ4v) is 3.70. The monoisotopic (exact) mass is 416 g/mol. The Bertz CT molecular complexity index is 1290. The number of hydrogen-bond acceptors (Lipinski definition) is 4. The molecule has 0 spiro atoms. The summed E-state index contributed by atoms with van der Waals surface area (Å²) in [6.07, 6.45) is 1.67. The van der Waals surface area contributed by atoms with Crippen molar-refractivity contribution in [2.24, 2.45) is 0 Å². The van der Waals surface area contributed by atoms with Crippen molar-refractivity contribution in [2.75, 3.05) is 13.7 Å². The van der Waals surface area contributed by atoms with Gasteiger partial charge in [0.25, 0.3) is 5.91 Å². The van der Waals surface area contributed by atoms with Gasteiger partial charge in [-0.1, -0.05) is 42.0 Å². The smallest absolute Gasteiger partial charge is 0.330 e. The molecule has 0 unspecified atom stereocenters. The number of nitrogens with zero attached hydrogens (tertiary/aromatic N) is 3. The van der Waals surface area contributed by atoms with E-state index >= 15 is 0 Å². The zero-order valence-corrected chi connectivity index (χ0v) is 17.5. The van der Waals surface area contributed by atoms with Gasteiger partial charge in [0.05, 0.1) is 24.7 Å². The summed E-state index contributed by atoms with van der Waals surface area (Å²) in [6.45, 7) is 3.09. The number of carbonyl (C=O) groups is 1. The highest BCUT2D eigenvalue weighted by Crippen LogP contribution is 2.17. The molecule has 2 aromatic carbocycles. The van der Waals surface area contributed by atoms with Crippen molar-refractivity contribution in [1.29, 1.82) is 0 Å². The molecule has 0 radical (unpaired) electrons. The predicted octanol–water partition coefficient (Wildman–Crippen LogP) is 2.99. The summed E-state index contributed by atoms with van der Waals surface area (Å²) in [6, 6.07) is 18.8. The van der Waals surface area contributed by atoms with Crippen LogP contribution < -0.4 is 15.7 Å². The average molecular weight is 416 g/mol. The third-order valence-corrected chi connectivity index (χ3v) is 5.17. The molecule has 2 aromatic heterocycles. The van der Waals surface area contributed by atoms with Gasteiger partial charge in [-0.15, -0.1) is 0 Å². The molecule has 4 rings (SSSR count). The molecule has 0 bridgehead atoms. The van der Waals surface area contributed by atoms with Gasteiger partial charge in [-0.2, -0.15) is 0 Å². The lowest BCUT2D eigenvalue weighted by Gasteiger charge is -2.09. The van der Waals surface area contributed by atoms with Crippen LogP contribution in [-0.4, -0.2) is 33.7 Å². The fourth-order valence-electron chi connectivity index (χ4n) is 3.70. The number of aryl methyl sites for hydroxylation is 1. The molecule has 7 heteroatoms. The maximum atomic E-state index is 13.2. The maximum absolute atomic E-state index is 13.2. The molecule has 158 valence electrons. The van der Waals surface area contributed by atoms with Gasteiger partial charge < -0.3 is 10.1 Å². The van der Waals surface area contributed by atoms with Crippen LogP contribution in [0.4, 0.5) is 0 Å². The fraction of sp³-hybridized carbons (Fsp3) is 0.208. The minimum Gasteiger partial charge on any atom is -0.496 e. The van der Waals surface area contributed by atoms with Crippen molar-refractivity contribution in [3.63, 3.8) is 0 Å². The normalized spacial score (nSPS) is 10.9. The number of fused-ring (bicyclic) bond motifs is 1. The van der Waals surface area contributed by atoms with Crippen molar-refractivity contribution < 1.29 is 9.53 Å². The Balaban J connectivity index is 1.56. The first kappa shape index (κ1) is 20.4. The summed E-state index contributed by atoms with van der Waals surface area (Å²) < 4.78 is 8.57. The SMILES string of the molecule is COc1ccccc1C(=O)NCCn1c(=O)n(Cc2cccc(C)c2)c2cccnc21. The van der Waals surface area contributed by atoms with Gasteiger partial charge in [-0.05, 0) is 36.8 Å². The maximum Gasteiger partial charge on any atom is 0.330 e. The molecule has 0 saturated heterocycles. The number of imidazole rings is 1. The molecule has 31 heavy (non-hydrogen) atoms. The van der Waals surface area contributed by atoms with Crippen molar-refractivity contribution in [1.82, 2.24) is 19.4 Å². The summed E-state index contributed by atoms with van der Waals surface area (Å²) in [5, 5.41) is 2.86. The Hall–Kier alpha value is -3.87. The van der Waals surface area contributed by atoms with Gasteiger partial charge >= 0.3 is 5.69 Å². The molecule has 0 saturated carbocycles. The van der Waals surface area contributed by atoms with Crippen LogP contribution in [0.15, 0.2) is 71.7 Å². The number of amides is 1. The standard InChI is InChI=1S/C24H24N4O3/c1-17-7-5-8-18(15-17)16-28-20-10-6-12-25-22(20)27(24(28)30)14-13-26-23(29)19-9-3-4-11-21(19)31-2/h3-12,15H,13-14,16H2,1-2H3,(H,26,29). The zero-order chi connectivity index (χ0) is 21.8. The van der Waals surface area contributed by atoms with Crippen LogP contribution in [0, 0.1) is 6.92 Å². The van der Waals surface area contributed by atoms with E-state index < -0.39 is 0 Å². The van der Waals surface area contributed by atoms with E-state index in [0.717, 1.165) is 16.6 Å². The van der Waals surface area contributed by atoms with E-state index in [1.165, 1.54) is 7.11 Å². The molecule has 0 aliphatic rings. The van der Waals surface area contributed by atoms with Gasteiger partial charge in [0, 0.05) is 19.3 Å². The molecule has 7 nitrogen and oxygen atoms in total. The molecule has 1 amide bonds. The highest BCUT2D eigenvalue weighted by atomic mass is 16.5. The highest BCUT2D eigenvalue weighted by molar-refractivity contribution is 5.96. The first-order chi connectivity index (χ1) is 15.1. The number of pyridine rings is 1. The second kappa shape index (κ2) is 8.87. The van der Waals surface area contributed by atoms with Crippen molar-refractivity contribution in [3.05, 3.63) is 94.0 Å². The summed E-state index contributed by atoms with van der Waals surface area (Å²) in [5.74, 6) is 0.260. The number of hydrogen-bond donors (Lipinski definition) is 1. The van der Waals surface area contributed by atoms with E-state index in [2.05, 4.69) is 16.4 Å². The molecule has 0 aliphatic heterocycles. The number of methoxy groups -OCH3 is 1. The van der Waals surface area contributed by atoms with Crippen LogP contribution in [-0.2, 0) is 13.1 Å². The summed E-state index contributed by atoms with van der Waals surface area (Å²) in [7, 11) is 1.53. The summed E-state index contributed by atoms with van der Waals surface area (Å²) in [4.78, 5) is 30.1. The average Bonchev–Trinajstić information content (AvgIpc) is 3.05. The largest absolute Gasteiger partial charge is 0.496 e. The van der Waals surface area contributed by atoms with E-state index in [9.17, 15) is 9.59 Å². The molecular formula is C24H24N4O3. The van der Waals surface area contributed by atoms with E-state index in [4.69, 9.17) is 4.74 Å². The van der Waals surface area contributed by atoms with Gasteiger partial charge in [-0.3, -0.25) is 13.9 Å². The molecule has 0 atom stereocenters. The van der Waals surface area contributed by atoms with Crippen LogP contribution in [0.25, 0.3) is 11.2 Å². The number of carbonyl (C=O) groups excluding carboxylic acids is 1. The minimum absolute atomic E-state index is 0.151. The third kappa shape index (κ3) is 4.21. The Kier molecular flexibility index (Phi) is 5.84. The lowest BCUT2D eigenvalue weighted by Crippen LogP contribution is -2.32. The highest BCUT2D eigenvalue weighted by Gasteiger charge is 2.15. The minimum atomic E-state index is -0.248. The number of nitrogens with one attached hydrogen (secondary N) is 1. The molecule has 0 fully saturated rings. The van der Waals surface area contributed by atoms with E-state index in [1.54, 1.807) is 33.5 Å². The Labute approximate surface area is 179 Å². The lowest BCUT2D eigenvalue weighted by atomic mass is 10.1. The Morgan fingerprint density at radius 1 is 1.06 bits per heavy atom. The second-order valence-electron chi connectivity index (χ2n) is 7.31. The first-order valence-electron chi connectivity index (χ1n) is 10.1. The van der Waals surface area contributed by atoms with E-state index in [1.807, 2.05) is 43.3 Å². The Morgan fingerprint density at radius 3 is 2.71 bits per heavy atom. The first-order valence-corrected chi connectivity index (χ1v) is 10.1. The van der Waals surface area contributed by atoms with Crippen molar-refractivity contribution in [2.45, 2.75) is 20.0 Å². The predicted molar refractivity (Wildman–Crippen MR) is 120 cm³/mol. The molecule has 4 aromatic rings. The van der Waals surface area contributed by atoms with E-state index in [-0.39, 0.29) is 18.1 Å². The molecule has 2 heterocycles. The number of para-hydroxylation sites is 1. The van der Waals surface area contributed by atoms with Crippen LogP contribution in [0.5, 0.6) is 5.75 Å². The number of rotatable bonds is 7. The number of aromatic nitrogens is 3. The molecule has 0 aliphatic carbocycles. The van der Waals surface area contributed by atoms with Crippen molar-refractivity contribution in [3.8, 4) is 5.75 Å². The van der Waals surface area contributed by atoms with Gasteiger partial charge in [0.2, 0.25) is 0 Å². The quantitative estimate of drug-likeness (QED) is 0.502. The van der Waals surface area contributed by atoms with Gasteiger partial charge in [0.15, 0.2) is 5.65 Å². The van der Waals surface area contributed by atoms with E-state index in [0.29, 0.717) is 30.0 Å². The number of benzene rings is 2. The molecule has 1 N–H and O–H groups in total. The van der Waals surface area contributed by atoms with Crippen molar-refractivity contribution >= 4 is 17.1 Å². The van der Waals surface area contributed by atoms with Crippen LogP contribution in [0.2, 0.25) is 0 Å². The second-order valence-corrected chi connectivity index (χ2v) is 7.31. The van der Waals surface area contributed by atoms with Gasteiger partial charge in [0.1, 0.15) is 5.75 Å². The zero-order valence-electron chi connectivity index (χ0n) is 17.5. The number of ether oxygens (including phenoxy) is 1. The molecular weight excluding hydrogens is 392 g/mol. The van der Waals surface area contributed by atoms with Crippen LogP contribution in [0.1, 0.15) is 21.5 Å². The lowest BCUT2D eigenvalue weighted by molar-refractivity contribution is 0.0949. The summed E-state index contributed by atoms with van der Waals surface area (Å²) in [5.41, 5.74) is 3.87. The van der Waals surface area contributed by atoms with Crippen LogP contribution in [0.3, 0.4) is 0 Å². The summed E-state index contributed by atoms with van der Waals surface area (Å²) >= 11 is 0. The van der Waals surface area contributed by atoms with Crippen LogP contribution >= 0.6 is 0 Å². The topological polar surface area (TPSA) is 78.1 Å². The Morgan fingerprint density at radius 2 is 1.90 bits per heavy atom. The third-order valence-electron chi connectivity index (χ3n) is 5.17.